The van der Waals surface area contributed by atoms with E-state index in [1.54, 1.807) is 43.0 Å². The fourth-order valence-electron chi connectivity index (χ4n) is 2.34. The summed E-state index contributed by atoms with van der Waals surface area (Å²) in [5.41, 5.74) is 1.06. The molecule has 8 nitrogen and oxygen atoms in total. The Morgan fingerprint density at radius 1 is 1.28 bits per heavy atom. The minimum Gasteiger partial charge on any atom is -0.339 e. The highest BCUT2D eigenvalue weighted by atomic mass is 16.5. The van der Waals surface area contributed by atoms with Crippen LogP contribution in [0.3, 0.4) is 0 Å². The van der Waals surface area contributed by atoms with Gasteiger partial charge in [-0.15, -0.1) is 0 Å². The summed E-state index contributed by atoms with van der Waals surface area (Å²) in [5.74, 6) is 0.772. The van der Waals surface area contributed by atoms with Gasteiger partial charge in [0, 0.05) is 24.3 Å². The van der Waals surface area contributed by atoms with Crippen LogP contribution >= 0.6 is 0 Å². The Morgan fingerprint density at radius 3 is 2.60 bits per heavy atom. The van der Waals surface area contributed by atoms with Gasteiger partial charge in [-0.3, -0.25) is 4.79 Å². The van der Waals surface area contributed by atoms with Crippen LogP contribution in [-0.2, 0) is 0 Å². The van der Waals surface area contributed by atoms with E-state index in [9.17, 15) is 9.59 Å². The maximum Gasteiger partial charge on any atom is 0.319 e. The predicted molar refractivity (Wildman–Crippen MR) is 93.3 cm³/mol. The number of nitrogens with zero attached hydrogens (tertiary/aromatic N) is 3. The van der Waals surface area contributed by atoms with E-state index < -0.39 is 12.1 Å². The molecule has 0 aliphatic carbocycles. The van der Waals surface area contributed by atoms with Crippen LogP contribution in [-0.4, -0.2) is 40.1 Å². The molecule has 2 N–H and O–H groups in total. The number of rotatable bonds is 6. The largest absolute Gasteiger partial charge is 0.339 e. The zero-order chi connectivity index (χ0) is 18.4. The second kappa shape index (κ2) is 8.27. The van der Waals surface area contributed by atoms with E-state index in [1.807, 2.05) is 13.8 Å². The van der Waals surface area contributed by atoms with Gasteiger partial charge in [-0.25, -0.2) is 4.79 Å². The van der Waals surface area contributed by atoms with Crippen molar-refractivity contribution in [3.63, 3.8) is 0 Å². The molecule has 0 spiro atoms. The lowest BCUT2D eigenvalue weighted by Crippen LogP contribution is -2.32. The first kappa shape index (κ1) is 18.4. The van der Waals surface area contributed by atoms with E-state index in [0.717, 1.165) is 0 Å². The smallest absolute Gasteiger partial charge is 0.319 e. The molecule has 25 heavy (non-hydrogen) atoms. The van der Waals surface area contributed by atoms with Crippen molar-refractivity contribution in [3.8, 4) is 0 Å². The molecule has 0 saturated heterocycles. The molecule has 0 aliphatic heterocycles. The molecule has 1 aromatic heterocycles. The molecule has 0 fully saturated rings. The van der Waals surface area contributed by atoms with Crippen LogP contribution in [0.4, 0.5) is 10.5 Å². The lowest BCUT2D eigenvalue weighted by molar-refractivity contribution is 0.0773. The first-order valence-corrected chi connectivity index (χ1v) is 8.21. The van der Waals surface area contributed by atoms with Crippen molar-refractivity contribution in [1.82, 2.24) is 20.4 Å². The van der Waals surface area contributed by atoms with Crippen molar-refractivity contribution in [3.05, 3.63) is 41.5 Å². The number of aryl methyl sites for hydroxylation is 1. The molecule has 0 bridgehead atoms. The zero-order valence-corrected chi connectivity index (χ0v) is 14.9. The molecule has 2 aromatic rings. The first-order valence-electron chi connectivity index (χ1n) is 8.21. The number of hydrogen-bond acceptors (Lipinski definition) is 5. The summed E-state index contributed by atoms with van der Waals surface area (Å²) >= 11 is 0. The van der Waals surface area contributed by atoms with Gasteiger partial charge in [0.05, 0.1) is 0 Å². The van der Waals surface area contributed by atoms with Gasteiger partial charge in [0.25, 0.3) is 5.91 Å². The third-order valence-corrected chi connectivity index (χ3v) is 3.68. The minimum atomic E-state index is -0.429. The Kier molecular flexibility index (Phi) is 6.10. The average molecular weight is 345 g/mol. The summed E-state index contributed by atoms with van der Waals surface area (Å²) in [6, 6.07) is 5.99. The summed E-state index contributed by atoms with van der Waals surface area (Å²) in [4.78, 5) is 30.3. The Hall–Kier alpha value is -2.90. The van der Waals surface area contributed by atoms with Gasteiger partial charge in [-0.2, -0.15) is 4.98 Å². The molecule has 2 rings (SSSR count). The highest BCUT2D eigenvalue weighted by Crippen LogP contribution is 2.14. The topological polar surface area (TPSA) is 100 Å². The molecule has 0 radical (unpaired) electrons. The van der Waals surface area contributed by atoms with E-state index in [4.69, 9.17) is 4.52 Å². The van der Waals surface area contributed by atoms with Crippen LogP contribution in [0.25, 0.3) is 0 Å². The molecule has 0 saturated carbocycles. The highest BCUT2D eigenvalue weighted by molar-refractivity contribution is 5.96. The average Bonchev–Trinajstić information content (AvgIpc) is 3.02. The number of amides is 3. The summed E-state index contributed by atoms with van der Waals surface area (Å²) in [6.45, 7) is 8.57. The van der Waals surface area contributed by atoms with Crippen LogP contribution < -0.4 is 10.6 Å². The number of benzene rings is 1. The van der Waals surface area contributed by atoms with Gasteiger partial charge in [-0.1, -0.05) is 11.2 Å². The molecule has 1 atom stereocenters. The van der Waals surface area contributed by atoms with E-state index in [0.29, 0.717) is 36.1 Å². The van der Waals surface area contributed by atoms with E-state index in [1.165, 1.54) is 0 Å². The van der Waals surface area contributed by atoms with Crippen LogP contribution in [0.5, 0.6) is 0 Å². The summed E-state index contributed by atoms with van der Waals surface area (Å²) < 4.78 is 5.02. The molecule has 8 heteroatoms. The maximum absolute atomic E-state index is 12.4. The fourth-order valence-corrected chi connectivity index (χ4v) is 2.34. The standard InChI is InChI=1S/C17H23N5O3/c1-5-22(6-2)16(23)13-8-7-9-14(10-13)20-17(24)18-11(3)15-19-12(4)21-25-15/h7-11H,5-6H2,1-4H3,(H2,18,20,24)/t11-/m1/s1. The molecule has 0 aliphatic rings. The fraction of sp³-hybridized carbons (Fsp3) is 0.412. The van der Waals surface area contributed by atoms with Gasteiger partial charge < -0.3 is 20.1 Å². The van der Waals surface area contributed by atoms with Gasteiger partial charge in [0.2, 0.25) is 5.89 Å². The van der Waals surface area contributed by atoms with E-state index >= 15 is 0 Å². The normalized spacial score (nSPS) is 11.7. The first-order chi connectivity index (χ1) is 11.9. The van der Waals surface area contributed by atoms with Gasteiger partial charge >= 0.3 is 6.03 Å². The van der Waals surface area contributed by atoms with Crippen molar-refractivity contribution >= 4 is 17.6 Å². The number of carbonyl (C=O) groups is 2. The third-order valence-electron chi connectivity index (χ3n) is 3.68. The van der Waals surface area contributed by atoms with Gasteiger partial charge in [-0.05, 0) is 45.9 Å². The molecule has 1 aromatic carbocycles. The van der Waals surface area contributed by atoms with Gasteiger partial charge in [0.15, 0.2) is 5.82 Å². The van der Waals surface area contributed by atoms with Crippen molar-refractivity contribution in [1.29, 1.82) is 0 Å². The highest BCUT2D eigenvalue weighted by Gasteiger charge is 2.16. The number of urea groups is 1. The Morgan fingerprint density at radius 2 is 2.00 bits per heavy atom. The summed E-state index contributed by atoms with van der Waals surface area (Å²) in [7, 11) is 0. The lowest BCUT2D eigenvalue weighted by Gasteiger charge is -2.19. The molecule has 3 amide bonds. The van der Waals surface area contributed by atoms with Crippen molar-refractivity contribution in [2.45, 2.75) is 33.7 Å². The minimum absolute atomic E-state index is 0.0660. The van der Waals surface area contributed by atoms with E-state index in [-0.39, 0.29) is 5.91 Å². The van der Waals surface area contributed by atoms with Crippen LogP contribution in [0, 0.1) is 6.92 Å². The maximum atomic E-state index is 12.4. The molecule has 0 unspecified atom stereocenters. The second-order valence-electron chi connectivity index (χ2n) is 5.56. The number of aromatic nitrogens is 2. The predicted octanol–water partition coefficient (Wildman–Crippen LogP) is 2.74. The zero-order valence-electron chi connectivity index (χ0n) is 14.9. The van der Waals surface area contributed by atoms with Gasteiger partial charge in [0.1, 0.15) is 6.04 Å². The Balaban J connectivity index is 2.01. The third kappa shape index (κ3) is 4.79. The SMILES string of the molecule is CCN(CC)C(=O)c1cccc(NC(=O)N[C@H](C)c2nc(C)no2)c1. The van der Waals surface area contributed by atoms with Crippen molar-refractivity contribution in [2.24, 2.45) is 0 Å². The summed E-state index contributed by atoms with van der Waals surface area (Å²) in [6.07, 6.45) is 0. The van der Waals surface area contributed by atoms with Crippen molar-refractivity contribution < 1.29 is 14.1 Å². The van der Waals surface area contributed by atoms with Crippen LogP contribution in [0.2, 0.25) is 0 Å². The summed E-state index contributed by atoms with van der Waals surface area (Å²) in [5, 5.41) is 9.11. The van der Waals surface area contributed by atoms with Crippen molar-refractivity contribution in [2.75, 3.05) is 18.4 Å². The molecular weight excluding hydrogens is 322 g/mol. The Labute approximate surface area is 146 Å². The van der Waals surface area contributed by atoms with E-state index in [2.05, 4.69) is 20.8 Å². The second-order valence-corrected chi connectivity index (χ2v) is 5.56. The van der Waals surface area contributed by atoms with Crippen LogP contribution in [0.1, 0.15) is 48.9 Å². The number of carbonyl (C=O) groups excluding carboxylic acids is 2. The monoisotopic (exact) mass is 345 g/mol. The number of nitrogens with one attached hydrogen (secondary N) is 2. The molecule has 1 heterocycles. The Bertz CT molecular complexity index is 739. The molecular formula is C17H23N5O3. The quantitative estimate of drug-likeness (QED) is 0.838. The number of hydrogen-bond donors (Lipinski definition) is 2. The lowest BCUT2D eigenvalue weighted by atomic mass is 10.1. The van der Waals surface area contributed by atoms with Crippen LogP contribution in [0.15, 0.2) is 28.8 Å². The molecule has 134 valence electrons. The number of anilines is 1.